The van der Waals surface area contributed by atoms with Gasteiger partial charge in [-0.1, -0.05) is 34.1 Å². The SMILES string of the molecule is Nc1ncnc2c1c(-c1ccc(Oc3ccccc3)nc1)nn2CC(=O)Nc1ccc(Br)cc1. The Balaban J connectivity index is 1.43. The van der Waals surface area contributed by atoms with E-state index in [0.717, 1.165) is 4.47 Å². The number of rotatable bonds is 6. The zero-order valence-electron chi connectivity index (χ0n) is 17.7. The summed E-state index contributed by atoms with van der Waals surface area (Å²) in [4.78, 5) is 25.5. The highest BCUT2D eigenvalue weighted by molar-refractivity contribution is 9.10. The molecule has 34 heavy (non-hydrogen) atoms. The molecule has 5 aromatic rings. The number of pyridine rings is 1. The molecular weight excluding hydrogens is 498 g/mol. The van der Waals surface area contributed by atoms with Gasteiger partial charge in [0.25, 0.3) is 0 Å². The van der Waals surface area contributed by atoms with Crippen molar-refractivity contribution < 1.29 is 9.53 Å². The summed E-state index contributed by atoms with van der Waals surface area (Å²) in [5, 5.41) is 8.02. The number of hydrogen-bond donors (Lipinski definition) is 2. The third-order valence-electron chi connectivity index (χ3n) is 4.96. The van der Waals surface area contributed by atoms with Crippen LogP contribution in [0.25, 0.3) is 22.3 Å². The summed E-state index contributed by atoms with van der Waals surface area (Å²) in [6.45, 7) is -0.0500. The summed E-state index contributed by atoms with van der Waals surface area (Å²) in [5.41, 5.74) is 8.51. The maximum absolute atomic E-state index is 12.7. The molecule has 3 aromatic heterocycles. The number of nitrogens with zero attached hydrogens (tertiary/aromatic N) is 5. The van der Waals surface area contributed by atoms with Gasteiger partial charge in [0.05, 0.1) is 5.39 Å². The van der Waals surface area contributed by atoms with Gasteiger partial charge in [0.15, 0.2) is 5.65 Å². The average Bonchev–Trinajstić information content (AvgIpc) is 3.21. The van der Waals surface area contributed by atoms with E-state index < -0.39 is 0 Å². The first-order chi connectivity index (χ1) is 16.6. The molecule has 9 nitrogen and oxygen atoms in total. The Bertz CT molecular complexity index is 1450. The second-order valence-corrected chi connectivity index (χ2v) is 8.23. The molecule has 0 spiro atoms. The molecule has 0 atom stereocenters. The van der Waals surface area contributed by atoms with E-state index in [9.17, 15) is 4.79 Å². The Morgan fingerprint density at radius 2 is 1.79 bits per heavy atom. The lowest BCUT2D eigenvalue weighted by Crippen LogP contribution is -2.19. The number of fused-ring (bicyclic) bond motifs is 1. The van der Waals surface area contributed by atoms with Crippen molar-refractivity contribution in [3.8, 4) is 22.9 Å². The Hall–Kier alpha value is -4.31. The molecule has 10 heteroatoms. The fourth-order valence-corrected chi connectivity index (χ4v) is 3.67. The zero-order valence-corrected chi connectivity index (χ0v) is 19.3. The number of ether oxygens (including phenoxy) is 1. The summed E-state index contributed by atoms with van der Waals surface area (Å²) in [7, 11) is 0. The van der Waals surface area contributed by atoms with Crippen molar-refractivity contribution in [3.05, 3.63) is 83.7 Å². The fraction of sp³-hybridized carbons (Fsp3) is 0.0417. The maximum Gasteiger partial charge on any atom is 0.246 e. The van der Waals surface area contributed by atoms with E-state index in [0.29, 0.717) is 39.6 Å². The number of para-hydroxylation sites is 1. The molecule has 0 saturated heterocycles. The van der Waals surface area contributed by atoms with Crippen LogP contribution < -0.4 is 15.8 Å². The van der Waals surface area contributed by atoms with Gasteiger partial charge < -0.3 is 15.8 Å². The van der Waals surface area contributed by atoms with E-state index in [1.165, 1.54) is 11.0 Å². The molecule has 0 radical (unpaired) electrons. The predicted octanol–water partition coefficient (Wildman–Crippen LogP) is 4.66. The highest BCUT2D eigenvalue weighted by Crippen LogP contribution is 2.31. The van der Waals surface area contributed by atoms with Gasteiger partial charge in [0, 0.05) is 28.0 Å². The van der Waals surface area contributed by atoms with Gasteiger partial charge in [-0.25, -0.2) is 19.6 Å². The number of carbonyl (C=O) groups excluding carboxylic acids is 1. The van der Waals surface area contributed by atoms with Gasteiger partial charge >= 0.3 is 0 Å². The van der Waals surface area contributed by atoms with Crippen LogP contribution in [0.2, 0.25) is 0 Å². The lowest BCUT2D eigenvalue weighted by Gasteiger charge is -2.06. The van der Waals surface area contributed by atoms with Crippen LogP contribution in [-0.4, -0.2) is 30.6 Å². The number of halogens is 1. The molecule has 5 rings (SSSR count). The third kappa shape index (κ3) is 4.57. The van der Waals surface area contributed by atoms with Crippen LogP contribution in [0.1, 0.15) is 0 Å². The standard InChI is InChI=1S/C24H18BrN7O2/c25-16-7-9-17(10-8-16)30-19(33)13-32-24-21(23(26)28-14-29-24)22(31-32)15-6-11-20(27-12-15)34-18-4-2-1-3-5-18/h1-12,14H,13H2,(H,30,33)(H2,26,28,29). The van der Waals surface area contributed by atoms with Crippen LogP contribution in [0.15, 0.2) is 83.7 Å². The Labute approximate surface area is 202 Å². The molecule has 0 aliphatic rings. The summed E-state index contributed by atoms with van der Waals surface area (Å²) < 4.78 is 8.19. The van der Waals surface area contributed by atoms with Crippen molar-refractivity contribution in [1.82, 2.24) is 24.7 Å². The first-order valence-corrected chi connectivity index (χ1v) is 11.1. The van der Waals surface area contributed by atoms with Gasteiger partial charge in [-0.05, 0) is 42.5 Å². The van der Waals surface area contributed by atoms with Crippen LogP contribution in [0.5, 0.6) is 11.6 Å². The molecule has 0 aliphatic heterocycles. The van der Waals surface area contributed by atoms with Gasteiger partial charge in [0.2, 0.25) is 11.8 Å². The number of carbonyl (C=O) groups is 1. The number of nitrogens with one attached hydrogen (secondary N) is 1. The third-order valence-corrected chi connectivity index (χ3v) is 5.48. The summed E-state index contributed by atoms with van der Waals surface area (Å²) in [5.74, 6) is 1.15. The largest absolute Gasteiger partial charge is 0.439 e. The van der Waals surface area contributed by atoms with Gasteiger partial charge in [0.1, 0.15) is 30.1 Å². The molecule has 1 amide bonds. The molecule has 0 unspecified atom stereocenters. The molecule has 2 aromatic carbocycles. The Kier molecular flexibility index (Phi) is 5.88. The first-order valence-electron chi connectivity index (χ1n) is 10.3. The molecule has 0 aliphatic carbocycles. The lowest BCUT2D eigenvalue weighted by molar-refractivity contribution is -0.116. The number of hydrogen-bond acceptors (Lipinski definition) is 7. The van der Waals surface area contributed by atoms with E-state index in [-0.39, 0.29) is 18.3 Å². The maximum atomic E-state index is 12.7. The zero-order chi connectivity index (χ0) is 23.5. The van der Waals surface area contributed by atoms with Crippen LogP contribution >= 0.6 is 15.9 Å². The number of anilines is 2. The van der Waals surface area contributed by atoms with Crippen molar-refractivity contribution >= 4 is 44.4 Å². The van der Waals surface area contributed by atoms with E-state index in [2.05, 4.69) is 41.3 Å². The average molecular weight is 516 g/mol. The van der Waals surface area contributed by atoms with Crippen LogP contribution in [0, 0.1) is 0 Å². The van der Waals surface area contributed by atoms with Crippen molar-refractivity contribution in [2.45, 2.75) is 6.54 Å². The summed E-state index contributed by atoms with van der Waals surface area (Å²) in [6.07, 6.45) is 2.99. The molecule has 0 saturated carbocycles. The second kappa shape index (κ2) is 9.28. The minimum Gasteiger partial charge on any atom is -0.439 e. The van der Waals surface area contributed by atoms with E-state index in [1.54, 1.807) is 24.4 Å². The minimum atomic E-state index is -0.250. The van der Waals surface area contributed by atoms with E-state index in [1.807, 2.05) is 48.5 Å². The second-order valence-electron chi connectivity index (χ2n) is 7.32. The summed E-state index contributed by atoms with van der Waals surface area (Å²) >= 11 is 3.38. The van der Waals surface area contributed by atoms with E-state index in [4.69, 9.17) is 10.5 Å². The van der Waals surface area contributed by atoms with Crippen molar-refractivity contribution in [2.24, 2.45) is 0 Å². The lowest BCUT2D eigenvalue weighted by atomic mass is 10.1. The van der Waals surface area contributed by atoms with Crippen LogP contribution in [0.4, 0.5) is 11.5 Å². The molecule has 3 N–H and O–H groups in total. The van der Waals surface area contributed by atoms with Crippen molar-refractivity contribution in [3.63, 3.8) is 0 Å². The van der Waals surface area contributed by atoms with E-state index >= 15 is 0 Å². The number of nitrogen functional groups attached to an aromatic ring is 1. The Morgan fingerprint density at radius 1 is 1.00 bits per heavy atom. The fourth-order valence-electron chi connectivity index (χ4n) is 3.40. The van der Waals surface area contributed by atoms with Gasteiger partial charge in [-0.3, -0.25) is 4.79 Å². The predicted molar refractivity (Wildman–Crippen MR) is 132 cm³/mol. The number of aromatic nitrogens is 5. The minimum absolute atomic E-state index is 0.0500. The monoisotopic (exact) mass is 515 g/mol. The molecular formula is C24H18BrN7O2. The normalized spacial score (nSPS) is 10.9. The van der Waals surface area contributed by atoms with Crippen molar-refractivity contribution in [2.75, 3.05) is 11.1 Å². The van der Waals surface area contributed by atoms with Gasteiger partial charge in [-0.2, -0.15) is 5.10 Å². The molecule has 0 fully saturated rings. The quantitative estimate of drug-likeness (QED) is 0.337. The topological polar surface area (TPSA) is 121 Å². The van der Waals surface area contributed by atoms with Gasteiger partial charge in [-0.15, -0.1) is 0 Å². The molecule has 0 bridgehead atoms. The molecule has 3 heterocycles. The number of benzene rings is 2. The number of amides is 1. The number of nitrogens with two attached hydrogens (primary N) is 1. The van der Waals surface area contributed by atoms with Crippen molar-refractivity contribution in [1.29, 1.82) is 0 Å². The first kappa shape index (κ1) is 21.5. The Morgan fingerprint density at radius 3 is 2.53 bits per heavy atom. The highest BCUT2D eigenvalue weighted by Gasteiger charge is 2.19. The van der Waals surface area contributed by atoms with Crippen LogP contribution in [-0.2, 0) is 11.3 Å². The van der Waals surface area contributed by atoms with Crippen LogP contribution in [0.3, 0.4) is 0 Å². The summed E-state index contributed by atoms with van der Waals surface area (Å²) in [6, 6.07) is 20.3. The highest BCUT2D eigenvalue weighted by atomic mass is 79.9. The molecule has 168 valence electrons. The smallest absolute Gasteiger partial charge is 0.246 e.